The predicted octanol–water partition coefficient (Wildman–Crippen LogP) is 4.88. The van der Waals surface area contributed by atoms with E-state index in [9.17, 15) is 9.50 Å². The second-order valence-corrected chi connectivity index (χ2v) is 7.58. The van der Waals surface area contributed by atoms with Gasteiger partial charge < -0.3 is 5.11 Å². The first-order chi connectivity index (χ1) is 12.1. The monoisotopic (exact) mass is 394 g/mol. The zero-order valence-corrected chi connectivity index (χ0v) is 16.2. The largest absolute Gasteiger partial charge is 0.382 e. The van der Waals surface area contributed by atoms with Crippen LogP contribution in [0.3, 0.4) is 0 Å². The smallest absolute Gasteiger partial charge is 0.222 e. The molecule has 1 N–H and O–H groups in total. The van der Waals surface area contributed by atoms with Crippen LogP contribution >= 0.6 is 23.2 Å². The second kappa shape index (κ2) is 6.68. The number of halogens is 3. The fourth-order valence-corrected chi connectivity index (χ4v) is 2.95. The maximum Gasteiger partial charge on any atom is 0.222 e. The molecule has 1 aromatic carbocycles. The third-order valence-corrected chi connectivity index (χ3v) is 4.32. The minimum absolute atomic E-state index is 0.0132. The fourth-order valence-electron chi connectivity index (χ4n) is 2.61. The van der Waals surface area contributed by atoms with E-state index in [1.165, 1.54) is 12.3 Å². The maximum atomic E-state index is 14.9. The van der Waals surface area contributed by atoms with Crippen LogP contribution in [0.15, 0.2) is 18.3 Å². The maximum absolute atomic E-state index is 14.9. The lowest BCUT2D eigenvalue weighted by Crippen LogP contribution is -2.21. The zero-order chi connectivity index (χ0) is 19.2. The molecule has 0 bridgehead atoms. The number of aliphatic hydroxyl groups is 1. The quantitative estimate of drug-likeness (QED) is 0.640. The molecule has 0 saturated heterocycles. The second-order valence-electron chi connectivity index (χ2n) is 6.84. The van der Waals surface area contributed by atoms with Gasteiger partial charge in [0.25, 0.3) is 0 Å². The highest BCUT2D eigenvalue weighted by molar-refractivity contribution is 6.33. The number of rotatable bonds is 3. The van der Waals surface area contributed by atoms with Gasteiger partial charge in [-0.25, -0.2) is 24.3 Å². The fraction of sp³-hybridized carbons (Fsp3) is 0.333. The Morgan fingerprint density at radius 2 is 1.81 bits per heavy atom. The standard InChI is InChI=1S/C18H17Cl2FN4O/c1-8(2)13-10-5-9(14-11(19)7-22-17(20)25-14)6-12(21)15(10)24-16(23-13)18(3,4)26/h5-8,26H,1-4H3. The summed E-state index contributed by atoms with van der Waals surface area (Å²) in [5, 5.41) is 11.1. The number of aromatic nitrogens is 4. The van der Waals surface area contributed by atoms with E-state index in [-0.39, 0.29) is 27.6 Å². The van der Waals surface area contributed by atoms with Crippen LogP contribution in [-0.4, -0.2) is 25.0 Å². The summed E-state index contributed by atoms with van der Waals surface area (Å²) in [5.74, 6) is -0.401. The lowest BCUT2D eigenvalue weighted by atomic mass is 9.99. The molecule has 3 rings (SSSR count). The zero-order valence-electron chi connectivity index (χ0n) is 14.7. The van der Waals surface area contributed by atoms with Gasteiger partial charge in [-0.15, -0.1) is 0 Å². The van der Waals surface area contributed by atoms with Crippen molar-refractivity contribution in [1.82, 2.24) is 19.9 Å². The van der Waals surface area contributed by atoms with Crippen LogP contribution in [0.1, 0.15) is 45.1 Å². The molecule has 0 amide bonds. The molecular weight excluding hydrogens is 378 g/mol. The highest BCUT2D eigenvalue weighted by Crippen LogP contribution is 2.33. The Hall–Kier alpha value is -1.89. The summed E-state index contributed by atoms with van der Waals surface area (Å²) in [6.45, 7) is 7.00. The first kappa shape index (κ1) is 18.9. The summed E-state index contributed by atoms with van der Waals surface area (Å²) >= 11 is 12.0. The van der Waals surface area contributed by atoms with Gasteiger partial charge in [0.15, 0.2) is 5.82 Å². The van der Waals surface area contributed by atoms with E-state index in [2.05, 4.69) is 19.9 Å². The van der Waals surface area contributed by atoms with Crippen LogP contribution in [0.2, 0.25) is 10.3 Å². The lowest BCUT2D eigenvalue weighted by Gasteiger charge is -2.19. The van der Waals surface area contributed by atoms with Crippen molar-refractivity contribution in [2.45, 2.75) is 39.2 Å². The van der Waals surface area contributed by atoms with E-state index in [1.807, 2.05) is 13.8 Å². The average Bonchev–Trinajstić information content (AvgIpc) is 2.55. The number of benzene rings is 1. The van der Waals surface area contributed by atoms with Gasteiger partial charge in [0, 0.05) is 10.9 Å². The highest BCUT2D eigenvalue weighted by Gasteiger charge is 2.24. The topological polar surface area (TPSA) is 71.8 Å². The number of hydrogen-bond donors (Lipinski definition) is 1. The molecule has 8 heteroatoms. The molecule has 0 fully saturated rings. The summed E-state index contributed by atoms with van der Waals surface area (Å²) in [5.41, 5.74) is 0.261. The third kappa shape index (κ3) is 3.49. The highest BCUT2D eigenvalue weighted by atomic mass is 35.5. The van der Waals surface area contributed by atoms with E-state index >= 15 is 0 Å². The first-order valence-corrected chi connectivity index (χ1v) is 8.76. The van der Waals surface area contributed by atoms with Gasteiger partial charge in [-0.3, -0.25) is 0 Å². The van der Waals surface area contributed by atoms with Crippen LogP contribution in [0.4, 0.5) is 4.39 Å². The Kier molecular flexibility index (Phi) is 4.86. The van der Waals surface area contributed by atoms with Gasteiger partial charge in [-0.1, -0.05) is 25.4 Å². The van der Waals surface area contributed by atoms with E-state index in [0.717, 1.165) is 0 Å². The Morgan fingerprint density at radius 3 is 2.42 bits per heavy atom. The number of nitrogens with zero attached hydrogens (tertiary/aromatic N) is 4. The average molecular weight is 395 g/mol. The van der Waals surface area contributed by atoms with Crippen molar-refractivity contribution < 1.29 is 9.50 Å². The Labute approximate surface area is 160 Å². The predicted molar refractivity (Wildman–Crippen MR) is 99.9 cm³/mol. The minimum atomic E-state index is -1.29. The van der Waals surface area contributed by atoms with Crippen LogP contribution in [0.25, 0.3) is 22.2 Å². The van der Waals surface area contributed by atoms with E-state index in [0.29, 0.717) is 22.3 Å². The molecule has 0 unspecified atom stereocenters. The van der Waals surface area contributed by atoms with Gasteiger partial charge in [0.2, 0.25) is 5.28 Å². The Bertz CT molecular complexity index is 1000. The molecule has 0 aliphatic heterocycles. The molecule has 26 heavy (non-hydrogen) atoms. The van der Waals surface area contributed by atoms with Crippen molar-refractivity contribution in [1.29, 1.82) is 0 Å². The van der Waals surface area contributed by atoms with E-state index in [4.69, 9.17) is 23.2 Å². The minimum Gasteiger partial charge on any atom is -0.382 e. The van der Waals surface area contributed by atoms with Gasteiger partial charge in [-0.05, 0) is 43.5 Å². The molecule has 0 saturated carbocycles. The molecule has 0 spiro atoms. The van der Waals surface area contributed by atoms with Crippen LogP contribution in [0, 0.1) is 5.82 Å². The molecular formula is C18H17Cl2FN4O. The van der Waals surface area contributed by atoms with Crippen molar-refractivity contribution in [2.75, 3.05) is 0 Å². The summed E-state index contributed by atoms with van der Waals surface area (Å²) in [7, 11) is 0. The SMILES string of the molecule is CC(C)c1nc(C(C)(C)O)nc2c(F)cc(-c3nc(Cl)ncc3Cl)cc12. The number of hydrogen-bond acceptors (Lipinski definition) is 5. The normalized spacial score (nSPS) is 12.2. The third-order valence-electron chi connectivity index (χ3n) is 3.87. The van der Waals surface area contributed by atoms with Gasteiger partial charge in [0.1, 0.15) is 16.9 Å². The summed E-state index contributed by atoms with van der Waals surface area (Å²) in [4.78, 5) is 16.6. The van der Waals surface area contributed by atoms with Crippen molar-refractivity contribution in [2.24, 2.45) is 0 Å². The van der Waals surface area contributed by atoms with Gasteiger partial charge in [0.05, 0.1) is 22.6 Å². The van der Waals surface area contributed by atoms with E-state index in [1.54, 1.807) is 19.9 Å². The summed E-state index contributed by atoms with van der Waals surface area (Å²) in [6.07, 6.45) is 1.37. The van der Waals surface area contributed by atoms with Crippen LogP contribution in [0.5, 0.6) is 0 Å². The molecule has 3 aromatic rings. The summed E-state index contributed by atoms with van der Waals surface area (Å²) < 4.78 is 14.9. The van der Waals surface area contributed by atoms with E-state index < -0.39 is 11.4 Å². The van der Waals surface area contributed by atoms with Gasteiger partial charge in [-0.2, -0.15) is 0 Å². The Morgan fingerprint density at radius 1 is 1.12 bits per heavy atom. The van der Waals surface area contributed by atoms with Crippen molar-refractivity contribution >= 4 is 34.1 Å². The molecule has 2 aromatic heterocycles. The Balaban J connectivity index is 2.35. The molecule has 0 radical (unpaired) electrons. The first-order valence-electron chi connectivity index (χ1n) is 8.00. The molecule has 5 nitrogen and oxygen atoms in total. The molecule has 2 heterocycles. The van der Waals surface area contributed by atoms with Crippen LogP contribution in [-0.2, 0) is 5.60 Å². The molecule has 136 valence electrons. The van der Waals surface area contributed by atoms with Crippen LogP contribution < -0.4 is 0 Å². The van der Waals surface area contributed by atoms with Crippen molar-refractivity contribution in [3.05, 3.63) is 46.0 Å². The summed E-state index contributed by atoms with van der Waals surface area (Å²) in [6, 6.07) is 3.02. The van der Waals surface area contributed by atoms with Crippen molar-refractivity contribution in [3.63, 3.8) is 0 Å². The van der Waals surface area contributed by atoms with Gasteiger partial charge >= 0.3 is 0 Å². The molecule has 0 aliphatic carbocycles. The van der Waals surface area contributed by atoms with Crippen molar-refractivity contribution in [3.8, 4) is 11.3 Å². The molecule has 0 aliphatic rings. The molecule has 0 atom stereocenters. The number of fused-ring (bicyclic) bond motifs is 1. The lowest BCUT2D eigenvalue weighted by molar-refractivity contribution is 0.0688.